The highest BCUT2D eigenvalue weighted by atomic mass is 19.4. The molecule has 0 unspecified atom stereocenters. The standard InChI is InChI=1S/C18H25N3O2.2C2HF3O2/c22-18(14-3-4-14)20-9-17-16-11-21(7-5-15(16)12-23-17)10-13-2-1-6-19-8-13;2*3-2(4,5)1(6)7/h1-2,6,8,14-17H,3-5,7,9-12H2,(H,20,22);2*(H,6,7)/t15-,16-,17+;;/m0../s1. The van der Waals surface area contributed by atoms with Crippen molar-refractivity contribution >= 4 is 17.8 Å². The normalized spacial score (nSPS) is 23.5. The van der Waals surface area contributed by atoms with Crippen molar-refractivity contribution < 1.29 is 55.7 Å². The molecule has 0 bridgehead atoms. The number of amides is 1. The number of aromatic nitrogens is 1. The largest absolute Gasteiger partial charge is 0.490 e. The van der Waals surface area contributed by atoms with Gasteiger partial charge in [-0.05, 0) is 43.4 Å². The van der Waals surface area contributed by atoms with Crippen LogP contribution in [-0.4, -0.2) is 82.6 Å². The second-order valence-electron chi connectivity index (χ2n) is 8.81. The number of hydrogen-bond acceptors (Lipinski definition) is 6. The number of ether oxygens (including phenoxy) is 1. The van der Waals surface area contributed by atoms with Crippen LogP contribution in [0.3, 0.4) is 0 Å². The molecule has 0 radical (unpaired) electrons. The molecule has 3 atom stereocenters. The number of nitrogens with one attached hydrogen (secondary N) is 1. The monoisotopic (exact) mass is 543 g/mol. The van der Waals surface area contributed by atoms with Crippen LogP contribution in [-0.2, 0) is 25.7 Å². The molecule has 3 fully saturated rings. The van der Waals surface area contributed by atoms with Gasteiger partial charge in [-0.3, -0.25) is 14.7 Å². The molecular formula is C22H27F6N3O6. The number of halogens is 6. The van der Waals surface area contributed by atoms with Crippen LogP contribution in [0.2, 0.25) is 0 Å². The van der Waals surface area contributed by atoms with Gasteiger partial charge < -0.3 is 20.3 Å². The van der Waals surface area contributed by atoms with Crippen LogP contribution >= 0.6 is 0 Å². The van der Waals surface area contributed by atoms with E-state index in [1.165, 1.54) is 12.0 Å². The molecule has 1 saturated carbocycles. The van der Waals surface area contributed by atoms with Crippen molar-refractivity contribution in [2.45, 2.75) is 44.3 Å². The van der Waals surface area contributed by atoms with Gasteiger partial charge in [0, 0.05) is 43.9 Å². The summed E-state index contributed by atoms with van der Waals surface area (Å²) in [4.78, 5) is 36.3. The van der Waals surface area contributed by atoms with E-state index in [-0.39, 0.29) is 17.9 Å². The first-order valence-corrected chi connectivity index (χ1v) is 11.3. The van der Waals surface area contributed by atoms with Gasteiger partial charge in [0.15, 0.2) is 0 Å². The molecule has 3 N–H and O–H groups in total. The Morgan fingerprint density at radius 3 is 2.14 bits per heavy atom. The lowest BCUT2D eigenvalue weighted by molar-refractivity contribution is -0.193. The third-order valence-corrected chi connectivity index (χ3v) is 5.93. The number of nitrogens with zero attached hydrogens (tertiary/aromatic N) is 2. The SMILES string of the molecule is O=C(NC[C@H]1OC[C@@H]2CCN(Cc3cccnc3)C[C@@H]21)C1CC1.O=C(O)C(F)(F)F.O=C(O)C(F)(F)F. The maximum Gasteiger partial charge on any atom is 0.490 e. The number of carboxylic acids is 2. The first kappa shape index (κ1) is 30.3. The van der Waals surface area contributed by atoms with Crippen molar-refractivity contribution in [2.75, 3.05) is 26.2 Å². The topological polar surface area (TPSA) is 129 Å². The zero-order chi connectivity index (χ0) is 27.8. The number of carbonyl (C=O) groups is 3. The molecular weight excluding hydrogens is 516 g/mol. The lowest BCUT2D eigenvalue weighted by Crippen LogP contribution is -2.45. The van der Waals surface area contributed by atoms with Gasteiger partial charge in [-0.1, -0.05) is 6.07 Å². The van der Waals surface area contributed by atoms with Crippen LogP contribution in [0.15, 0.2) is 24.5 Å². The van der Waals surface area contributed by atoms with Gasteiger partial charge >= 0.3 is 24.3 Å². The molecule has 2 aliphatic heterocycles. The van der Waals surface area contributed by atoms with E-state index >= 15 is 0 Å². The van der Waals surface area contributed by atoms with Crippen molar-refractivity contribution in [3.63, 3.8) is 0 Å². The minimum atomic E-state index is -5.08. The van der Waals surface area contributed by atoms with Gasteiger partial charge in [0.25, 0.3) is 0 Å². The van der Waals surface area contributed by atoms with E-state index in [0.29, 0.717) is 18.4 Å². The summed E-state index contributed by atoms with van der Waals surface area (Å²) in [6.45, 7) is 4.68. The molecule has 9 nitrogen and oxygen atoms in total. The summed E-state index contributed by atoms with van der Waals surface area (Å²) in [7, 11) is 0. The zero-order valence-electron chi connectivity index (χ0n) is 19.5. The molecule has 1 aromatic heterocycles. The molecule has 3 aliphatic rings. The first-order chi connectivity index (χ1) is 17.2. The number of likely N-dealkylation sites (tertiary alicyclic amines) is 1. The number of rotatable bonds is 5. The summed E-state index contributed by atoms with van der Waals surface area (Å²) in [5, 5.41) is 17.3. The molecule has 15 heteroatoms. The van der Waals surface area contributed by atoms with Crippen LogP contribution in [0.25, 0.3) is 0 Å². The lowest BCUT2D eigenvalue weighted by Gasteiger charge is -2.36. The van der Waals surface area contributed by atoms with Crippen molar-refractivity contribution in [3.8, 4) is 0 Å². The number of hydrogen-bond donors (Lipinski definition) is 3. The second kappa shape index (κ2) is 13.0. The average molecular weight is 543 g/mol. The van der Waals surface area contributed by atoms with E-state index in [2.05, 4.69) is 21.3 Å². The fraction of sp³-hybridized carbons (Fsp3) is 0.636. The smallest absolute Gasteiger partial charge is 0.475 e. The molecule has 0 aromatic carbocycles. The van der Waals surface area contributed by atoms with Gasteiger partial charge in [-0.25, -0.2) is 9.59 Å². The maximum absolute atomic E-state index is 11.8. The van der Waals surface area contributed by atoms with Crippen LogP contribution in [0.5, 0.6) is 0 Å². The number of aliphatic carboxylic acids is 2. The lowest BCUT2D eigenvalue weighted by atomic mass is 9.84. The molecule has 4 rings (SSSR count). The Balaban J connectivity index is 0.000000286. The van der Waals surface area contributed by atoms with E-state index in [4.69, 9.17) is 24.5 Å². The highest BCUT2D eigenvalue weighted by molar-refractivity contribution is 5.80. The van der Waals surface area contributed by atoms with Crippen LogP contribution < -0.4 is 5.32 Å². The quantitative estimate of drug-likeness (QED) is 0.484. The Labute approximate surface area is 207 Å². The number of pyridine rings is 1. The summed E-state index contributed by atoms with van der Waals surface area (Å²) in [6.07, 6.45) is -2.91. The third-order valence-electron chi connectivity index (χ3n) is 5.93. The predicted molar refractivity (Wildman–Crippen MR) is 114 cm³/mol. The Hall–Kier alpha value is -2.94. The second-order valence-corrected chi connectivity index (χ2v) is 8.81. The van der Waals surface area contributed by atoms with E-state index < -0.39 is 24.3 Å². The third kappa shape index (κ3) is 10.5. The number of carbonyl (C=O) groups excluding carboxylic acids is 1. The van der Waals surface area contributed by atoms with Gasteiger partial charge in [-0.15, -0.1) is 0 Å². The number of alkyl halides is 6. The fourth-order valence-corrected chi connectivity index (χ4v) is 3.89. The summed E-state index contributed by atoms with van der Waals surface area (Å²) < 4.78 is 69.5. The molecule has 3 heterocycles. The van der Waals surface area contributed by atoms with Crippen molar-refractivity contribution in [2.24, 2.45) is 17.8 Å². The van der Waals surface area contributed by atoms with Gasteiger partial charge in [0.05, 0.1) is 12.7 Å². The molecule has 1 amide bonds. The van der Waals surface area contributed by atoms with Gasteiger partial charge in [0.2, 0.25) is 5.91 Å². The molecule has 37 heavy (non-hydrogen) atoms. The van der Waals surface area contributed by atoms with E-state index in [1.54, 1.807) is 0 Å². The van der Waals surface area contributed by atoms with Crippen LogP contribution in [0.1, 0.15) is 24.8 Å². The number of fused-ring (bicyclic) bond motifs is 1. The van der Waals surface area contributed by atoms with E-state index in [9.17, 15) is 31.1 Å². The molecule has 208 valence electrons. The Morgan fingerprint density at radius 1 is 1.05 bits per heavy atom. The summed E-state index contributed by atoms with van der Waals surface area (Å²) in [6, 6.07) is 4.13. The molecule has 2 saturated heterocycles. The highest BCUT2D eigenvalue weighted by Gasteiger charge is 2.41. The van der Waals surface area contributed by atoms with Crippen LogP contribution in [0, 0.1) is 17.8 Å². The average Bonchev–Trinajstić information content (AvgIpc) is 3.59. The van der Waals surface area contributed by atoms with Gasteiger partial charge in [-0.2, -0.15) is 26.3 Å². The van der Waals surface area contributed by atoms with Crippen molar-refractivity contribution in [3.05, 3.63) is 30.1 Å². The van der Waals surface area contributed by atoms with E-state index in [1.807, 2.05) is 18.5 Å². The van der Waals surface area contributed by atoms with Crippen molar-refractivity contribution in [1.82, 2.24) is 15.2 Å². The molecule has 1 aromatic rings. The minimum Gasteiger partial charge on any atom is -0.475 e. The first-order valence-electron chi connectivity index (χ1n) is 11.3. The maximum atomic E-state index is 11.8. The Kier molecular flexibility index (Phi) is 10.7. The summed E-state index contributed by atoms with van der Waals surface area (Å²) in [5.41, 5.74) is 1.27. The zero-order valence-corrected chi connectivity index (χ0v) is 19.5. The minimum absolute atomic E-state index is 0.180. The fourth-order valence-electron chi connectivity index (χ4n) is 3.89. The highest BCUT2D eigenvalue weighted by Crippen LogP contribution is 2.35. The van der Waals surface area contributed by atoms with Crippen molar-refractivity contribution in [1.29, 1.82) is 0 Å². The molecule has 1 aliphatic carbocycles. The number of carboxylic acid groups (broad SMARTS) is 2. The van der Waals surface area contributed by atoms with Crippen LogP contribution in [0.4, 0.5) is 26.3 Å². The summed E-state index contributed by atoms with van der Waals surface area (Å²) >= 11 is 0. The number of piperidine rings is 1. The van der Waals surface area contributed by atoms with Gasteiger partial charge in [0.1, 0.15) is 0 Å². The Bertz CT molecular complexity index is 886. The molecule has 0 spiro atoms. The predicted octanol–water partition coefficient (Wildman–Crippen LogP) is 2.71. The summed E-state index contributed by atoms with van der Waals surface area (Å²) in [5.74, 6) is -3.82. The van der Waals surface area contributed by atoms with E-state index in [0.717, 1.165) is 39.1 Å². The Morgan fingerprint density at radius 2 is 1.65 bits per heavy atom.